The first-order valence-corrected chi connectivity index (χ1v) is 6.44. The number of aryl methyl sites for hydroxylation is 1. The Hall–Kier alpha value is -1.61. The molecule has 2 heterocycles. The van der Waals surface area contributed by atoms with Crippen molar-refractivity contribution in [3.8, 4) is 5.88 Å². The number of ether oxygens (including phenoxy) is 2. The normalized spacial score (nSPS) is 16.9. The number of pyridine rings is 1. The van der Waals surface area contributed by atoms with Gasteiger partial charge < -0.3 is 9.47 Å². The molecule has 0 aliphatic carbocycles. The van der Waals surface area contributed by atoms with E-state index in [1.807, 2.05) is 24.3 Å². The van der Waals surface area contributed by atoms with Gasteiger partial charge in [-0.3, -0.25) is 0 Å². The van der Waals surface area contributed by atoms with Crippen molar-refractivity contribution in [2.24, 2.45) is 0 Å². The Bertz CT molecular complexity index is 547. The molecule has 18 heavy (non-hydrogen) atoms. The molecule has 3 heteroatoms. The van der Waals surface area contributed by atoms with Crippen molar-refractivity contribution in [2.75, 3.05) is 13.2 Å². The van der Waals surface area contributed by atoms with Crippen LogP contribution in [0.5, 0.6) is 5.88 Å². The van der Waals surface area contributed by atoms with Gasteiger partial charge in [0.15, 0.2) is 0 Å². The number of aromatic nitrogens is 1. The van der Waals surface area contributed by atoms with Crippen LogP contribution in [0.2, 0.25) is 0 Å². The molecule has 0 spiro atoms. The topological polar surface area (TPSA) is 31.4 Å². The number of fused-ring (bicyclic) bond motifs is 1. The van der Waals surface area contributed by atoms with Crippen molar-refractivity contribution in [1.82, 2.24) is 4.98 Å². The predicted octanol–water partition coefficient (Wildman–Crippen LogP) is 3.10. The summed E-state index contributed by atoms with van der Waals surface area (Å²) in [7, 11) is 0. The monoisotopic (exact) mass is 243 g/mol. The predicted molar refractivity (Wildman–Crippen MR) is 70.9 cm³/mol. The van der Waals surface area contributed by atoms with Crippen LogP contribution in [0.4, 0.5) is 0 Å². The minimum atomic E-state index is 0.242. The first-order valence-electron chi connectivity index (χ1n) is 6.44. The van der Waals surface area contributed by atoms with E-state index in [4.69, 9.17) is 9.47 Å². The zero-order chi connectivity index (χ0) is 12.4. The molecule has 0 N–H and O–H groups in total. The maximum Gasteiger partial charge on any atom is 0.214 e. The summed E-state index contributed by atoms with van der Waals surface area (Å²) in [5, 5.41) is 1.19. The van der Waals surface area contributed by atoms with Crippen LogP contribution in [0, 0.1) is 6.92 Å². The van der Waals surface area contributed by atoms with E-state index in [2.05, 4.69) is 18.0 Å². The highest BCUT2D eigenvalue weighted by Crippen LogP contribution is 2.23. The molecule has 1 aromatic heterocycles. The highest BCUT2D eigenvalue weighted by molar-refractivity contribution is 5.82. The van der Waals surface area contributed by atoms with Crippen molar-refractivity contribution in [3.63, 3.8) is 0 Å². The van der Waals surface area contributed by atoms with Crippen molar-refractivity contribution in [1.29, 1.82) is 0 Å². The molecule has 1 saturated heterocycles. The molecule has 0 atom stereocenters. The fourth-order valence-corrected chi connectivity index (χ4v) is 2.34. The molecule has 1 aliphatic rings. The summed E-state index contributed by atoms with van der Waals surface area (Å²) in [6, 6.07) is 10.2. The Morgan fingerprint density at radius 1 is 1.22 bits per heavy atom. The number of hydrogen-bond donors (Lipinski definition) is 0. The molecule has 94 valence electrons. The van der Waals surface area contributed by atoms with E-state index in [1.165, 1.54) is 10.9 Å². The van der Waals surface area contributed by atoms with Gasteiger partial charge in [0.2, 0.25) is 5.88 Å². The van der Waals surface area contributed by atoms with E-state index in [0.717, 1.165) is 37.5 Å². The summed E-state index contributed by atoms with van der Waals surface area (Å²) in [5.74, 6) is 0.734. The zero-order valence-electron chi connectivity index (χ0n) is 10.6. The lowest BCUT2D eigenvalue weighted by atomic mass is 10.1. The van der Waals surface area contributed by atoms with Crippen LogP contribution < -0.4 is 4.74 Å². The summed E-state index contributed by atoms with van der Waals surface area (Å²) < 4.78 is 11.3. The van der Waals surface area contributed by atoms with Crippen molar-refractivity contribution >= 4 is 10.9 Å². The van der Waals surface area contributed by atoms with E-state index >= 15 is 0 Å². The Morgan fingerprint density at radius 2 is 2.00 bits per heavy atom. The summed E-state index contributed by atoms with van der Waals surface area (Å²) in [5.41, 5.74) is 2.21. The largest absolute Gasteiger partial charge is 0.474 e. The highest BCUT2D eigenvalue weighted by Gasteiger charge is 2.16. The van der Waals surface area contributed by atoms with E-state index in [9.17, 15) is 0 Å². The number of para-hydroxylation sites is 1. The summed E-state index contributed by atoms with van der Waals surface area (Å²) in [4.78, 5) is 4.57. The molecular weight excluding hydrogens is 226 g/mol. The van der Waals surface area contributed by atoms with Gasteiger partial charge in [-0.25, -0.2) is 4.98 Å². The van der Waals surface area contributed by atoms with Gasteiger partial charge in [0.1, 0.15) is 6.10 Å². The first-order chi connectivity index (χ1) is 8.83. The third kappa shape index (κ3) is 2.31. The van der Waals surface area contributed by atoms with Crippen LogP contribution in [0.15, 0.2) is 30.3 Å². The Labute approximate surface area is 107 Å². The Kier molecular flexibility index (Phi) is 3.15. The smallest absolute Gasteiger partial charge is 0.214 e. The maximum atomic E-state index is 5.95. The van der Waals surface area contributed by atoms with Gasteiger partial charge in [-0.1, -0.05) is 18.2 Å². The van der Waals surface area contributed by atoms with Gasteiger partial charge in [-0.2, -0.15) is 0 Å². The third-order valence-electron chi connectivity index (χ3n) is 3.36. The van der Waals surface area contributed by atoms with Crippen molar-refractivity contribution in [2.45, 2.75) is 25.9 Å². The number of benzene rings is 1. The molecule has 3 nitrogen and oxygen atoms in total. The van der Waals surface area contributed by atoms with Crippen LogP contribution in [0.3, 0.4) is 0 Å². The lowest BCUT2D eigenvalue weighted by Gasteiger charge is -2.23. The molecule has 3 rings (SSSR count). The SMILES string of the molecule is Cc1cc(OC2CCOCC2)nc2ccccc12. The van der Waals surface area contributed by atoms with E-state index in [1.54, 1.807) is 0 Å². The minimum absolute atomic E-state index is 0.242. The minimum Gasteiger partial charge on any atom is -0.474 e. The number of hydrogen-bond acceptors (Lipinski definition) is 3. The fourth-order valence-electron chi connectivity index (χ4n) is 2.34. The molecule has 1 aliphatic heterocycles. The van der Waals surface area contributed by atoms with Crippen LogP contribution in [0.25, 0.3) is 10.9 Å². The lowest BCUT2D eigenvalue weighted by molar-refractivity contribution is 0.0238. The van der Waals surface area contributed by atoms with Gasteiger partial charge in [0.25, 0.3) is 0 Å². The molecule has 0 saturated carbocycles. The van der Waals surface area contributed by atoms with Crippen LogP contribution in [-0.4, -0.2) is 24.3 Å². The van der Waals surface area contributed by atoms with Crippen LogP contribution in [0.1, 0.15) is 18.4 Å². The lowest BCUT2D eigenvalue weighted by Crippen LogP contribution is -2.26. The van der Waals surface area contributed by atoms with Crippen molar-refractivity contribution in [3.05, 3.63) is 35.9 Å². The van der Waals surface area contributed by atoms with E-state index in [-0.39, 0.29) is 6.10 Å². The Balaban J connectivity index is 1.87. The third-order valence-corrected chi connectivity index (χ3v) is 3.36. The average molecular weight is 243 g/mol. The fraction of sp³-hybridized carbons (Fsp3) is 0.400. The van der Waals surface area contributed by atoms with Crippen LogP contribution in [-0.2, 0) is 4.74 Å². The molecule has 0 unspecified atom stereocenters. The zero-order valence-corrected chi connectivity index (χ0v) is 10.6. The second-order valence-corrected chi connectivity index (χ2v) is 4.72. The van der Waals surface area contributed by atoms with Crippen molar-refractivity contribution < 1.29 is 9.47 Å². The van der Waals surface area contributed by atoms with Gasteiger partial charge in [0, 0.05) is 24.3 Å². The van der Waals surface area contributed by atoms with Gasteiger partial charge in [-0.15, -0.1) is 0 Å². The summed E-state index contributed by atoms with van der Waals surface area (Å²) in [6.45, 7) is 3.68. The van der Waals surface area contributed by atoms with Gasteiger partial charge in [-0.05, 0) is 18.6 Å². The average Bonchev–Trinajstić information content (AvgIpc) is 2.40. The Morgan fingerprint density at radius 3 is 2.83 bits per heavy atom. The molecule has 0 radical (unpaired) electrons. The first kappa shape index (κ1) is 11.5. The molecular formula is C15H17NO2. The molecule has 2 aromatic rings. The quantitative estimate of drug-likeness (QED) is 0.812. The number of rotatable bonds is 2. The maximum absolute atomic E-state index is 5.95. The summed E-state index contributed by atoms with van der Waals surface area (Å²) in [6.07, 6.45) is 2.15. The number of nitrogens with zero attached hydrogens (tertiary/aromatic N) is 1. The molecule has 0 amide bonds. The van der Waals surface area contributed by atoms with E-state index < -0.39 is 0 Å². The van der Waals surface area contributed by atoms with Gasteiger partial charge in [0.05, 0.1) is 18.7 Å². The van der Waals surface area contributed by atoms with E-state index in [0.29, 0.717) is 0 Å². The molecule has 1 fully saturated rings. The summed E-state index contributed by atoms with van der Waals surface area (Å²) >= 11 is 0. The standard InChI is InChI=1S/C15H17NO2/c1-11-10-15(18-12-6-8-17-9-7-12)16-14-5-3-2-4-13(11)14/h2-5,10,12H,6-9H2,1H3. The molecule has 1 aromatic carbocycles. The second kappa shape index (κ2) is 4.94. The molecule has 0 bridgehead atoms. The highest BCUT2D eigenvalue weighted by atomic mass is 16.5. The van der Waals surface area contributed by atoms with Gasteiger partial charge >= 0.3 is 0 Å². The second-order valence-electron chi connectivity index (χ2n) is 4.72. The van der Waals surface area contributed by atoms with Crippen LogP contribution >= 0.6 is 0 Å².